The van der Waals surface area contributed by atoms with E-state index < -0.39 is 9.84 Å². The van der Waals surface area contributed by atoms with Gasteiger partial charge in [-0.25, -0.2) is 8.42 Å². The van der Waals surface area contributed by atoms with E-state index >= 15 is 0 Å². The molecule has 1 heterocycles. The normalized spacial score (nSPS) is 17.9. The van der Waals surface area contributed by atoms with Crippen LogP contribution < -0.4 is 10.1 Å². The van der Waals surface area contributed by atoms with E-state index in [9.17, 15) is 13.2 Å². The van der Waals surface area contributed by atoms with Crippen LogP contribution in [0.5, 0.6) is 5.75 Å². The maximum absolute atomic E-state index is 12.5. The van der Waals surface area contributed by atoms with Crippen molar-refractivity contribution in [1.82, 2.24) is 5.32 Å². The lowest BCUT2D eigenvalue weighted by atomic mass is 9.95. The fraction of sp³-hybridized carbons (Fsp3) is 0.316. The van der Waals surface area contributed by atoms with Gasteiger partial charge in [-0.1, -0.05) is 30.3 Å². The lowest BCUT2D eigenvalue weighted by Gasteiger charge is -2.26. The van der Waals surface area contributed by atoms with Crippen LogP contribution in [0.1, 0.15) is 24.1 Å². The summed E-state index contributed by atoms with van der Waals surface area (Å²) in [6.45, 7) is 2.24. The molecular weight excluding hydrogens is 338 g/mol. The molecule has 0 aromatic heterocycles. The molecule has 25 heavy (non-hydrogen) atoms. The number of para-hydroxylation sites is 1. The van der Waals surface area contributed by atoms with Crippen molar-refractivity contribution in [1.29, 1.82) is 0 Å². The highest BCUT2D eigenvalue weighted by atomic mass is 32.2. The van der Waals surface area contributed by atoms with Crippen LogP contribution in [0.3, 0.4) is 0 Å². The van der Waals surface area contributed by atoms with Gasteiger partial charge >= 0.3 is 0 Å². The summed E-state index contributed by atoms with van der Waals surface area (Å²) in [5, 5.41) is 2.99. The molecule has 1 N–H and O–H groups in total. The molecule has 0 spiro atoms. The van der Waals surface area contributed by atoms with Gasteiger partial charge in [0.15, 0.2) is 9.84 Å². The molecule has 0 aliphatic carbocycles. The van der Waals surface area contributed by atoms with Crippen molar-refractivity contribution >= 4 is 15.7 Å². The summed E-state index contributed by atoms with van der Waals surface area (Å²) in [6.07, 6.45) is 1.83. The number of hydrogen-bond acceptors (Lipinski definition) is 4. The Morgan fingerprint density at radius 1 is 1.16 bits per heavy atom. The molecule has 5 nitrogen and oxygen atoms in total. The number of benzene rings is 2. The number of fused-ring (bicyclic) bond motifs is 1. The number of ether oxygens (including phenoxy) is 1. The van der Waals surface area contributed by atoms with Crippen LogP contribution in [-0.4, -0.2) is 27.2 Å². The van der Waals surface area contributed by atoms with E-state index in [1.54, 1.807) is 24.3 Å². The van der Waals surface area contributed by atoms with Crippen molar-refractivity contribution in [2.75, 3.05) is 12.9 Å². The molecule has 0 saturated carbocycles. The van der Waals surface area contributed by atoms with Crippen molar-refractivity contribution in [3.63, 3.8) is 0 Å². The maximum Gasteiger partial charge on any atom is 0.227 e. The van der Waals surface area contributed by atoms with E-state index in [0.717, 1.165) is 16.9 Å². The van der Waals surface area contributed by atoms with Crippen LogP contribution in [0.4, 0.5) is 0 Å². The zero-order valence-electron chi connectivity index (χ0n) is 14.2. The van der Waals surface area contributed by atoms with Gasteiger partial charge in [-0.2, -0.15) is 0 Å². The summed E-state index contributed by atoms with van der Waals surface area (Å²) < 4.78 is 28.7. The number of amides is 1. The molecule has 1 aliphatic heterocycles. The van der Waals surface area contributed by atoms with Crippen LogP contribution in [0.2, 0.25) is 0 Å². The van der Waals surface area contributed by atoms with Gasteiger partial charge in [-0.15, -0.1) is 0 Å². The molecule has 0 bridgehead atoms. The molecule has 0 saturated heterocycles. The quantitative estimate of drug-likeness (QED) is 0.910. The number of sulfone groups is 1. The first-order valence-corrected chi connectivity index (χ1v) is 10.0. The van der Waals surface area contributed by atoms with Crippen molar-refractivity contribution in [3.8, 4) is 5.75 Å². The third-order valence-electron chi connectivity index (χ3n) is 4.42. The van der Waals surface area contributed by atoms with E-state index in [1.807, 2.05) is 31.2 Å². The van der Waals surface area contributed by atoms with Crippen molar-refractivity contribution in [2.45, 2.75) is 24.3 Å². The Morgan fingerprint density at radius 2 is 1.84 bits per heavy atom. The highest BCUT2D eigenvalue weighted by molar-refractivity contribution is 7.90. The zero-order chi connectivity index (χ0) is 18.0. The molecule has 0 radical (unpaired) electrons. The average Bonchev–Trinajstić information content (AvgIpc) is 2.60. The van der Waals surface area contributed by atoms with Crippen molar-refractivity contribution < 1.29 is 17.9 Å². The van der Waals surface area contributed by atoms with Gasteiger partial charge in [0, 0.05) is 6.26 Å². The van der Waals surface area contributed by atoms with Crippen molar-refractivity contribution in [2.24, 2.45) is 5.92 Å². The van der Waals surface area contributed by atoms with Gasteiger partial charge in [-0.05, 0) is 42.7 Å². The molecule has 2 unspecified atom stereocenters. The Labute approximate surface area is 147 Å². The highest BCUT2D eigenvalue weighted by Crippen LogP contribution is 2.27. The predicted molar refractivity (Wildman–Crippen MR) is 95.2 cm³/mol. The fourth-order valence-corrected chi connectivity index (χ4v) is 3.55. The standard InChI is InChI=1S/C19H21NO4S/c1-13(14-7-9-17(10-8-14)25(2,22)23)20-19(21)16-11-15-5-3-4-6-18(15)24-12-16/h3-10,13,16H,11-12H2,1-2H3,(H,20,21). The minimum atomic E-state index is -3.22. The van der Waals surface area contributed by atoms with Gasteiger partial charge in [0.05, 0.1) is 16.9 Å². The van der Waals surface area contributed by atoms with E-state index in [1.165, 1.54) is 6.26 Å². The molecule has 2 aromatic carbocycles. The van der Waals surface area contributed by atoms with Crippen LogP contribution >= 0.6 is 0 Å². The number of hydrogen-bond donors (Lipinski definition) is 1. The molecule has 1 aliphatic rings. The highest BCUT2D eigenvalue weighted by Gasteiger charge is 2.26. The number of rotatable bonds is 4. The minimum absolute atomic E-state index is 0.0609. The Hall–Kier alpha value is -2.34. The maximum atomic E-state index is 12.5. The second kappa shape index (κ2) is 6.88. The van der Waals surface area contributed by atoms with Gasteiger partial charge in [0.25, 0.3) is 0 Å². The summed E-state index contributed by atoms with van der Waals surface area (Å²) in [5.41, 5.74) is 1.90. The third-order valence-corrected chi connectivity index (χ3v) is 5.55. The number of carbonyl (C=O) groups excluding carboxylic acids is 1. The lowest BCUT2D eigenvalue weighted by Crippen LogP contribution is -2.38. The summed E-state index contributed by atoms with van der Waals surface area (Å²) in [5.74, 6) is 0.554. The van der Waals surface area contributed by atoms with Gasteiger partial charge in [0.2, 0.25) is 5.91 Å². The van der Waals surface area contributed by atoms with Crippen LogP contribution in [0, 0.1) is 5.92 Å². The number of nitrogens with one attached hydrogen (secondary N) is 1. The van der Waals surface area contributed by atoms with Gasteiger partial charge in [0.1, 0.15) is 12.4 Å². The first-order valence-electron chi connectivity index (χ1n) is 8.15. The molecule has 6 heteroatoms. The second-order valence-corrected chi connectivity index (χ2v) is 8.41. The molecule has 2 aromatic rings. The Balaban J connectivity index is 1.65. The largest absolute Gasteiger partial charge is 0.492 e. The second-order valence-electron chi connectivity index (χ2n) is 6.39. The summed E-state index contributed by atoms with van der Waals surface area (Å²) in [6, 6.07) is 14.1. The predicted octanol–water partition coefficient (Wildman–Crippen LogP) is 2.52. The summed E-state index contributed by atoms with van der Waals surface area (Å²) in [4.78, 5) is 12.8. The number of carbonyl (C=O) groups is 1. The van der Waals surface area contributed by atoms with E-state index in [4.69, 9.17) is 4.74 Å². The molecule has 3 rings (SSSR count). The zero-order valence-corrected chi connectivity index (χ0v) is 15.0. The summed E-state index contributed by atoms with van der Waals surface area (Å²) in [7, 11) is -3.22. The minimum Gasteiger partial charge on any atom is -0.492 e. The molecule has 1 amide bonds. The van der Waals surface area contributed by atoms with Crippen LogP contribution in [0.25, 0.3) is 0 Å². The molecule has 132 valence electrons. The lowest BCUT2D eigenvalue weighted by molar-refractivity contribution is -0.126. The van der Waals surface area contributed by atoms with Crippen molar-refractivity contribution in [3.05, 3.63) is 59.7 Å². The van der Waals surface area contributed by atoms with Gasteiger partial charge in [-0.3, -0.25) is 4.79 Å². The Morgan fingerprint density at radius 3 is 2.52 bits per heavy atom. The Bertz CT molecular complexity index is 875. The smallest absolute Gasteiger partial charge is 0.227 e. The fourth-order valence-electron chi connectivity index (χ4n) is 2.91. The van der Waals surface area contributed by atoms with E-state index in [0.29, 0.717) is 13.0 Å². The molecule has 2 atom stereocenters. The van der Waals surface area contributed by atoms with Crippen LogP contribution in [-0.2, 0) is 21.1 Å². The van der Waals surface area contributed by atoms with Crippen LogP contribution in [0.15, 0.2) is 53.4 Å². The molecular formula is C19H21NO4S. The first kappa shape index (κ1) is 17.5. The monoisotopic (exact) mass is 359 g/mol. The summed E-state index contributed by atoms with van der Waals surface area (Å²) >= 11 is 0. The molecule has 0 fully saturated rings. The SMILES string of the molecule is CC(NC(=O)C1COc2ccccc2C1)c1ccc(S(C)(=O)=O)cc1. The van der Waals surface area contributed by atoms with E-state index in [2.05, 4.69) is 5.32 Å². The third kappa shape index (κ3) is 4.02. The van der Waals surface area contributed by atoms with Gasteiger partial charge < -0.3 is 10.1 Å². The van der Waals surface area contributed by atoms with E-state index in [-0.39, 0.29) is 22.8 Å². The average molecular weight is 359 g/mol. The first-order chi connectivity index (χ1) is 11.8. The topological polar surface area (TPSA) is 72.5 Å². The Kier molecular flexibility index (Phi) is 4.81.